The number of fused-ring (bicyclic) bond motifs is 2. The lowest BCUT2D eigenvalue weighted by molar-refractivity contribution is 0.0686. The molecule has 0 amide bonds. The van der Waals surface area contributed by atoms with E-state index in [0.29, 0.717) is 51.7 Å². The number of rotatable bonds is 4. The fourth-order valence-electron chi connectivity index (χ4n) is 3.10. The quantitative estimate of drug-likeness (QED) is 0.513. The van der Waals surface area contributed by atoms with Gasteiger partial charge in [-0.05, 0) is 30.7 Å². The van der Waals surface area contributed by atoms with Crippen LogP contribution in [-0.2, 0) is 5.75 Å². The van der Waals surface area contributed by atoms with Gasteiger partial charge in [-0.3, -0.25) is 4.79 Å². The van der Waals surface area contributed by atoms with Gasteiger partial charge in [-0.25, -0.2) is 4.98 Å². The molecule has 8 nitrogen and oxygen atoms in total. The zero-order valence-corrected chi connectivity index (χ0v) is 16.2. The normalized spacial score (nSPS) is 15.6. The monoisotopic (exact) mass is 408 g/mol. The Balaban J connectivity index is 1.31. The van der Waals surface area contributed by atoms with E-state index in [2.05, 4.69) is 20.2 Å². The molecule has 0 saturated heterocycles. The van der Waals surface area contributed by atoms with E-state index in [1.54, 1.807) is 6.07 Å². The molecule has 3 heterocycles. The van der Waals surface area contributed by atoms with Crippen molar-refractivity contribution in [2.75, 3.05) is 6.61 Å². The number of nitrogens with zero attached hydrogens (tertiary/aromatic N) is 3. The van der Waals surface area contributed by atoms with E-state index in [0.717, 1.165) is 5.56 Å². The van der Waals surface area contributed by atoms with E-state index in [9.17, 15) is 4.79 Å². The first kappa shape index (κ1) is 17.7. The molecule has 0 spiro atoms. The van der Waals surface area contributed by atoms with Crippen molar-refractivity contribution in [3.05, 3.63) is 70.1 Å². The average molecular weight is 408 g/mol. The second-order valence-electron chi connectivity index (χ2n) is 6.54. The number of benzene rings is 2. The van der Waals surface area contributed by atoms with Crippen LogP contribution in [0.1, 0.15) is 23.4 Å². The van der Waals surface area contributed by atoms with Crippen LogP contribution in [0.4, 0.5) is 0 Å². The molecule has 0 bridgehead atoms. The van der Waals surface area contributed by atoms with Crippen LogP contribution in [0.3, 0.4) is 0 Å². The van der Waals surface area contributed by atoms with Crippen molar-refractivity contribution in [3.63, 3.8) is 0 Å². The first-order valence-corrected chi connectivity index (χ1v) is 9.99. The molecule has 1 N–H and O–H groups in total. The molecule has 0 unspecified atom stereocenters. The Hall–Kier alpha value is -3.33. The van der Waals surface area contributed by atoms with Gasteiger partial charge in [0.1, 0.15) is 12.4 Å². The van der Waals surface area contributed by atoms with E-state index in [1.807, 2.05) is 43.3 Å². The van der Waals surface area contributed by atoms with Crippen LogP contribution in [-0.4, -0.2) is 26.8 Å². The zero-order valence-electron chi connectivity index (χ0n) is 15.4. The second kappa shape index (κ2) is 7.25. The molecule has 1 atom stereocenters. The first-order chi connectivity index (χ1) is 14.2. The van der Waals surface area contributed by atoms with Crippen molar-refractivity contribution >= 4 is 22.7 Å². The van der Waals surface area contributed by atoms with E-state index >= 15 is 0 Å². The summed E-state index contributed by atoms with van der Waals surface area (Å²) in [4.78, 5) is 19.7. The predicted molar refractivity (Wildman–Crippen MR) is 106 cm³/mol. The molecule has 5 rings (SSSR count). The van der Waals surface area contributed by atoms with Gasteiger partial charge in [-0.2, -0.15) is 0 Å². The van der Waals surface area contributed by atoms with Gasteiger partial charge >= 0.3 is 0 Å². The number of aromatic nitrogens is 4. The molecular formula is C20H16N4O4S. The largest absolute Gasteiger partial charge is 0.485 e. The lowest BCUT2D eigenvalue weighted by atomic mass is 10.1. The van der Waals surface area contributed by atoms with Gasteiger partial charge in [-0.1, -0.05) is 36.0 Å². The summed E-state index contributed by atoms with van der Waals surface area (Å²) < 4.78 is 17.3. The van der Waals surface area contributed by atoms with Gasteiger partial charge in [0.25, 0.3) is 16.7 Å². The Morgan fingerprint density at radius 1 is 1.14 bits per heavy atom. The highest BCUT2D eigenvalue weighted by molar-refractivity contribution is 7.98. The lowest BCUT2D eigenvalue weighted by Gasteiger charge is -2.23. The van der Waals surface area contributed by atoms with E-state index < -0.39 is 6.10 Å². The summed E-state index contributed by atoms with van der Waals surface area (Å²) in [6, 6.07) is 13.0. The highest BCUT2D eigenvalue weighted by Gasteiger charge is 2.27. The van der Waals surface area contributed by atoms with Crippen molar-refractivity contribution in [2.45, 2.75) is 24.0 Å². The lowest BCUT2D eigenvalue weighted by Crippen LogP contribution is -2.21. The summed E-state index contributed by atoms with van der Waals surface area (Å²) in [6.45, 7) is 2.22. The number of H-pyrrole nitrogens is 1. The Kier molecular flexibility index (Phi) is 4.44. The number of hydrogen-bond donors (Lipinski definition) is 1. The summed E-state index contributed by atoms with van der Waals surface area (Å²) >= 11 is 1.30. The minimum atomic E-state index is -0.465. The summed E-state index contributed by atoms with van der Waals surface area (Å²) in [5, 5.41) is 9.08. The zero-order chi connectivity index (χ0) is 19.8. The third-order valence-corrected chi connectivity index (χ3v) is 5.36. The van der Waals surface area contributed by atoms with Gasteiger partial charge in [-0.15, -0.1) is 10.2 Å². The third-order valence-electron chi connectivity index (χ3n) is 4.53. The topological polar surface area (TPSA) is 103 Å². The van der Waals surface area contributed by atoms with Crippen LogP contribution >= 0.6 is 11.8 Å². The molecule has 0 saturated carbocycles. The minimum absolute atomic E-state index is 0.160. The van der Waals surface area contributed by atoms with Crippen molar-refractivity contribution in [1.82, 2.24) is 20.2 Å². The minimum Gasteiger partial charge on any atom is -0.485 e. The van der Waals surface area contributed by atoms with Crippen LogP contribution < -0.4 is 15.0 Å². The Labute approximate surface area is 169 Å². The smallest absolute Gasteiger partial charge is 0.277 e. The van der Waals surface area contributed by atoms with Gasteiger partial charge in [0.15, 0.2) is 11.5 Å². The molecule has 0 fully saturated rings. The molecule has 146 valence electrons. The van der Waals surface area contributed by atoms with Crippen LogP contribution in [0.25, 0.3) is 10.9 Å². The number of thioether (sulfide) groups is 1. The average Bonchev–Trinajstić information content (AvgIpc) is 3.22. The Morgan fingerprint density at radius 2 is 2.00 bits per heavy atom. The molecule has 2 aromatic heterocycles. The molecule has 4 aromatic rings. The summed E-state index contributed by atoms with van der Waals surface area (Å²) in [7, 11) is 0. The molecule has 9 heteroatoms. The molecule has 2 aromatic carbocycles. The van der Waals surface area contributed by atoms with Crippen molar-refractivity contribution < 1.29 is 13.9 Å². The maximum atomic E-state index is 12.3. The summed E-state index contributed by atoms with van der Waals surface area (Å²) in [5.74, 6) is 2.63. The van der Waals surface area contributed by atoms with Gasteiger partial charge in [0.2, 0.25) is 6.10 Å². The Bertz CT molecular complexity index is 1250. The van der Waals surface area contributed by atoms with Crippen LogP contribution in [0.5, 0.6) is 11.5 Å². The number of aromatic amines is 1. The standard InChI is InChI=1S/C20H16N4O4S/c1-11-5-4-6-12-17(11)21-16(22-18(12)25)10-29-20-24-23-19(28-20)15-9-26-13-7-2-3-8-14(13)27-15/h2-8,15H,9-10H2,1H3,(H,21,22,25)/t15-/m1/s1. The number of aryl methyl sites for hydroxylation is 1. The van der Waals surface area contributed by atoms with E-state index in [-0.39, 0.29) is 5.56 Å². The number of para-hydroxylation sites is 3. The first-order valence-electron chi connectivity index (χ1n) is 9.00. The molecular weight excluding hydrogens is 392 g/mol. The predicted octanol–water partition coefficient (Wildman–Crippen LogP) is 3.42. The Morgan fingerprint density at radius 3 is 2.90 bits per heavy atom. The van der Waals surface area contributed by atoms with Gasteiger partial charge < -0.3 is 18.9 Å². The summed E-state index contributed by atoms with van der Waals surface area (Å²) in [5.41, 5.74) is 1.49. The number of hydrogen-bond acceptors (Lipinski definition) is 8. The molecule has 0 radical (unpaired) electrons. The van der Waals surface area contributed by atoms with Crippen molar-refractivity contribution in [1.29, 1.82) is 0 Å². The van der Waals surface area contributed by atoms with Gasteiger partial charge in [0, 0.05) is 0 Å². The van der Waals surface area contributed by atoms with Crippen molar-refractivity contribution in [2.24, 2.45) is 0 Å². The van der Waals surface area contributed by atoms with Crippen molar-refractivity contribution in [3.8, 4) is 11.5 Å². The van der Waals surface area contributed by atoms with Crippen LogP contribution in [0.15, 0.2) is 56.9 Å². The fraction of sp³-hybridized carbons (Fsp3) is 0.200. The molecule has 1 aliphatic rings. The highest BCUT2D eigenvalue weighted by Crippen LogP contribution is 2.36. The third kappa shape index (κ3) is 3.44. The van der Waals surface area contributed by atoms with Gasteiger partial charge in [0.05, 0.1) is 16.7 Å². The molecule has 29 heavy (non-hydrogen) atoms. The second-order valence-corrected chi connectivity index (χ2v) is 7.47. The molecule has 0 aliphatic carbocycles. The summed E-state index contributed by atoms with van der Waals surface area (Å²) in [6.07, 6.45) is -0.465. The van der Waals surface area contributed by atoms with E-state index in [4.69, 9.17) is 13.9 Å². The maximum Gasteiger partial charge on any atom is 0.277 e. The highest BCUT2D eigenvalue weighted by atomic mass is 32.2. The van der Waals surface area contributed by atoms with Crippen LogP contribution in [0, 0.1) is 6.92 Å². The maximum absolute atomic E-state index is 12.3. The van der Waals surface area contributed by atoms with E-state index in [1.165, 1.54) is 11.8 Å². The van der Waals surface area contributed by atoms with Crippen LogP contribution in [0.2, 0.25) is 0 Å². The fourth-order valence-corrected chi connectivity index (χ4v) is 3.74. The molecule has 1 aliphatic heterocycles. The number of ether oxygens (including phenoxy) is 2. The number of nitrogens with one attached hydrogen (secondary N) is 1. The SMILES string of the molecule is Cc1cccc2c(=O)[nH]c(CSc3nnc([C@H]4COc5ccccc5O4)o3)nc12.